The van der Waals surface area contributed by atoms with Gasteiger partial charge >= 0.3 is 0 Å². The molecule has 110 valence electrons. The van der Waals surface area contributed by atoms with Crippen molar-refractivity contribution in [2.75, 3.05) is 20.2 Å². The maximum atomic E-state index is 5.53. The molecule has 0 aromatic carbocycles. The van der Waals surface area contributed by atoms with Crippen molar-refractivity contribution in [1.29, 1.82) is 0 Å². The van der Waals surface area contributed by atoms with Crippen molar-refractivity contribution in [3.8, 4) is 0 Å². The minimum Gasteiger partial charge on any atom is -0.379 e. The number of methoxy groups -OCH3 is 1. The van der Waals surface area contributed by atoms with Gasteiger partial charge in [-0.2, -0.15) is 0 Å². The van der Waals surface area contributed by atoms with Crippen molar-refractivity contribution < 1.29 is 4.74 Å². The van der Waals surface area contributed by atoms with E-state index in [1.54, 1.807) is 0 Å². The predicted octanol–water partition coefficient (Wildman–Crippen LogP) is 4.24. The number of hydrogen-bond acceptors (Lipinski definition) is 2. The lowest BCUT2D eigenvalue weighted by atomic mass is 9.78. The molecule has 0 spiro atoms. The lowest BCUT2D eigenvalue weighted by Crippen LogP contribution is -2.36. The summed E-state index contributed by atoms with van der Waals surface area (Å²) in [7, 11) is 1.81. The van der Waals surface area contributed by atoms with E-state index in [-0.39, 0.29) is 5.60 Å². The molecule has 0 amide bonds. The summed E-state index contributed by atoms with van der Waals surface area (Å²) < 4.78 is 5.53. The van der Waals surface area contributed by atoms with Gasteiger partial charge in [-0.3, -0.25) is 0 Å². The van der Waals surface area contributed by atoms with Gasteiger partial charge in [0.2, 0.25) is 0 Å². The van der Waals surface area contributed by atoms with Crippen LogP contribution in [0.15, 0.2) is 0 Å². The Morgan fingerprint density at radius 1 is 1.06 bits per heavy atom. The maximum absolute atomic E-state index is 5.53. The zero-order chi connectivity index (χ0) is 14.2. The Bertz CT molecular complexity index is 213. The van der Waals surface area contributed by atoms with Crippen LogP contribution < -0.4 is 5.32 Å². The summed E-state index contributed by atoms with van der Waals surface area (Å²) in [6.07, 6.45) is 4.90. The maximum Gasteiger partial charge on any atom is 0.0623 e. The van der Waals surface area contributed by atoms with E-state index >= 15 is 0 Å². The summed E-state index contributed by atoms with van der Waals surface area (Å²) in [6, 6.07) is 0. The number of nitrogens with one attached hydrogen (secondary N) is 1. The minimum atomic E-state index is 0.00699. The third kappa shape index (κ3) is 8.10. The Kier molecular flexibility index (Phi) is 8.13. The van der Waals surface area contributed by atoms with Crippen molar-refractivity contribution in [2.45, 2.75) is 72.8 Å². The van der Waals surface area contributed by atoms with Gasteiger partial charge < -0.3 is 10.1 Å². The molecule has 0 bridgehead atoms. The molecule has 0 rings (SSSR count). The molecule has 18 heavy (non-hydrogen) atoms. The van der Waals surface area contributed by atoms with Gasteiger partial charge in [-0.05, 0) is 51.0 Å². The summed E-state index contributed by atoms with van der Waals surface area (Å²) in [4.78, 5) is 0. The second-order valence-corrected chi connectivity index (χ2v) is 7.05. The Morgan fingerprint density at radius 2 is 1.67 bits per heavy atom. The fourth-order valence-electron chi connectivity index (χ4n) is 2.27. The van der Waals surface area contributed by atoms with Gasteiger partial charge in [0.15, 0.2) is 0 Å². The van der Waals surface area contributed by atoms with E-state index in [0.29, 0.717) is 5.41 Å². The van der Waals surface area contributed by atoms with E-state index < -0.39 is 0 Å². The third-order valence-electron chi connectivity index (χ3n) is 3.84. The molecule has 1 unspecified atom stereocenters. The van der Waals surface area contributed by atoms with Crippen molar-refractivity contribution in [2.24, 2.45) is 11.3 Å². The Labute approximate surface area is 115 Å². The summed E-state index contributed by atoms with van der Waals surface area (Å²) in [5, 5.41) is 3.62. The van der Waals surface area contributed by atoms with E-state index in [2.05, 4.69) is 46.9 Å². The molecule has 2 heteroatoms. The normalized spacial score (nSPS) is 16.0. The van der Waals surface area contributed by atoms with Crippen LogP contribution in [-0.2, 0) is 4.74 Å². The predicted molar refractivity (Wildman–Crippen MR) is 81.0 cm³/mol. The molecule has 0 aromatic rings. The average Bonchev–Trinajstić information content (AvgIpc) is 2.27. The van der Waals surface area contributed by atoms with Crippen LogP contribution in [0.25, 0.3) is 0 Å². The van der Waals surface area contributed by atoms with Crippen LogP contribution in [0, 0.1) is 11.3 Å². The molecule has 0 aliphatic heterocycles. The quantitative estimate of drug-likeness (QED) is 0.632. The van der Waals surface area contributed by atoms with Gasteiger partial charge in [-0.25, -0.2) is 0 Å². The second-order valence-electron chi connectivity index (χ2n) is 7.05. The average molecular weight is 257 g/mol. The van der Waals surface area contributed by atoms with E-state index in [1.165, 1.54) is 19.3 Å². The Balaban J connectivity index is 4.24. The van der Waals surface area contributed by atoms with Crippen molar-refractivity contribution >= 4 is 0 Å². The fraction of sp³-hybridized carbons (Fsp3) is 1.00. The highest BCUT2D eigenvalue weighted by atomic mass is 16.5. The van der Waals surface area contributed by atoms with Gasteiger partial charge in [0.05, 0.1) is 5.60 Å². The molecule has 0 aliphatic carbocycles. The third-order valence-corrected chi connectivity index (χ3v) is 3.84. The van der Waals surface area contributed by atoms with Crippen molar-refractivity contribution in [3.05, 3.63) is 0 Å². The van der Waals surface area contributed by atoms with Gasteiger partial charge in [0.1, 0.15) is 0 Å². The highest BCUT2D eigenvalue weighted by molar-refractivity contribution is 4.81. The van der Waals surface area contributed by atoms with Crippen LogP contribution in [0.2, 0.25) is 0 Å². The molecule has 1 N–H and O–H groups in total. The standard InChI is InChI=1S/C16H35NO/c1-8-9-16(6,13-17-12-14(2)3)11-10-15(4,5)18-7/h14,17H,8-13H2,1-7H3. The fourth-order valence-corrected chi connectivity index (χ4v) is 2.27. The van der Waals surface area contributed by atoms with Gasteiger partial charge in [0.25, 0.3) is 0 Å². The Morgan fingerprint density at radius 3 is 2.11 bits per heavy atom. The first-order valence-electron chi connectivity index (χ1n) is 7.50. The van der Waals surface area contributed by atoms with E-state index in [1.807, 2.05) is 7.11 Å². The first kappa shape index (κ1) is 17.9. The molecule has 0 saturated heterocycles. The Hall–Kier alpha value is -0.0800. The molecule has 0 radical (unpaired) electrons. The molecule has 0 heterocycles. The van der Waals surface area contributed by atoms with E-state index in [9.17, 15) is 0 Å². The lowest BCUT2D eigenvalue weighted by molar-refractivity contribution is 0.00384. The van der Waals surface area contributed by atoms with Crippen LogP contribution in [0.3, 0.4) is 0 Å². The molecule has 0 aliphatic rings. The highest BCUT2D eigenvalue weighted by Gasteiger charge is 2.27. The van der Waals surface area contributed by atoms with Crippen molar-refractivity contribution in [1.82, 2.24) is 5.32 Å². The highest BCUT2D eigenvalue weighted by Crippen LogP contribution is 2.32. The largest absolute Gasteiger partial charge is 0.379 e. The van der Waals surface area contributed by atoms with Crippen LogP contribution in [0.5, 0.6) is 0 Å². The smallest absolute Gasteiger partial charge is 0.0623 e. The summed E-state index contributed by atoms with van der Waals surface area (Å²) in [6.45, 7) is 15.8. The molecular weight excluding hydrogens is 222 g/mol. The van der Waals surface area contributed by atoms with Gasteiger partial charge in [-0.1, -0.05) is 34.1 Å². The van der Waals surface area contributed by atoms with Crippen LogP contribution in [0.4, 0.5) is 0 Å². The zero-order valence-corrected chi connectivity index (χ0v) is 13.7. The van der Waals surface area contributed by atoms with Crippen LogP contribution in [-0.4, -0.2) is 25.8 Å². The number of ether oxygens (including phenoxy) is 1. The summed E-state index contributed by atoms with van der Waals surface area (Å²) >= 11 is 0. The molecular formula is C16H35NO. The van der Waals surface area contributed by atoms with E-state index in [4.69, 9.17) is 4.74 Å². The first-order chi connectivity index (χ1) is 8.24. The monoisotopic (exact) mass is 257 g/mol. The summed E-state index contributed by atoms with van der Waals surface area (Å²) in [5.74, 6) is 0.728. The van der Waals surface area contributed by atoms with Crippen molar-refractivity contribution in [3.63, 3.8) is 0 Å². The van der Waals surface area contributed by atoms with E-state index in [0.717, 1.165) is 25.4 Å². The van der Waals surface area contributed by atoms with Crippen LogP contribution in [0.1, 0.15) is 67.2 Å². The molecule has 0 saturated carbocycles. The van der Waals surface area contributed by atoms with Gasteiger partial charge in [0, 0.05) is 13.7 Å². The number of rotatable bonds is 10. The molecule has 0 fully saturated rings. The zero-order valence-electron chi connectivity index (χ0n) is 13.7. The topological polar surface area (TPSA) is 21.3 Å². The van der Waals surface area contributed by atoms with Gasteiger partial charge in [-0.15, -0.1) is 0 Å². The molecule has 2 nitrogen and oxygen atoms in total. The lowest BCUT2D eigenvalue weighted by Gasteiger charge is -2.34. The molecule has 1 atom stereocenters. The SMILES string of the molecule is CCCC(C)(CCC(C)(C)OC)CNCC(C)C. The summed E-state index contributed by atoms with van der Waals surface area (Å²) in [5.41, 5.74) is 0.409. The minimum absolute atomic E-state index is 0.00699. The molecule has 0 aromatic heterocycles. The first-order valence-corrected chi connectivity index (χ1v) is 7.50. The van der Waals surface area contributed by atoms with Crippen LogP contribution >= 0.6 is 0 Å². The number of hydrogen-bond donors (Lipinski definition) is 1. The second kappa shape index (κ2) is 8.16.